The highest BCUT2D eigenvalue weighted by molar-refractivity contribution is 5.85. The van der Waals surface area contributed by atoms with E-state index in [1.165, 1.54) is 96.4 Å². The molecule has 0 N–H and O–H groups in total. The fourth-order valence-corrected chi connectivity index (χ4v) is 3.55. The van der Waals surface area contributed by atoms with Gasteiger partial charge in [0, 0.05) is 18.6 Å². The first-order valence-electron chi connectivity index (χ1n) is 13.5. The van der Waals surface area contributed by atoms with Gasteiger partial charge in [-0.05, 0) is 40.1 Å². The number of unbranched alkanes of at least 4 members (excludes halogenated alkanes) is 13. The highest BCUT2D eigenvalue weighted by atomic mass is 79.9. The Morgan fingerprint density at radius 3 is 1.29 bits per heavy atom. The van der Waals surface area contributed by atoms with Crippen LogP contribution in [-0.2, 0) is 6.54 Å². The Hall–Kier alpha value is -0.900. The third kappa shape index (κ3) is 33.1. The maximum absolute atomic E-state index is 3.72. The Kier molecular flexibility index (Phi) is 34.4. The molecule has 0 unspecified atom stereocenters. The Bertz CT molecular complexity index is 605. The molecule has 0 aliphatic heterocycles. The van der Waals surface area contributed by atoms with E-state index in [4.69, 9.17) is 0 Å². The molecule has 0 saturated carbocycles. The van der Waals surface area contributed by atoms with E-state index in [-0.39, 0.29) is 29.4 Å². The van der Waals surface area contributed by atoms with Crippen LogP contribution in [0.25, 0.3) is 0 Å². The quantitative estimate of drug-likeness (QED) is 0.190. The van der Waals surface area contributed by atoms with Crippen molar-refractivity contribution in [3.63, 3.8) is 0 Å². The summed E-state index contributed by atoms with van der Waals surface area (Å²) in [6.07, 6.45) is 24.4. The zero-order valence-corrected chi connectivity index (χ0v) is 25.7. The van der Waals surface area contributed by atoms with Gasteiger partial charge in [-0.1, -0.05) is 120 Å². The number of benzene rings is 1. The molecule has 35 heavy (non-hydrogen) atoms. The lowest BCUT2D eigenvalue weighted by atomic mass is 10.0. The summed E-state index contributed by atoms with van der Waals surface area (Å²) >= 11 is 0. The van der Waals surface area contributed by atoms with Crippen LogP contribution in [0.2, 0.25) is 0 Å². The van der Waals surface area contributed by atoms with Crippen molar-refractivity contribution in [2.45, 2.75) is 103 Å². The highest BCUT2D eigenvalue weighted by Gasteiger charge is 1.98. The van der Waals surface area contributed by atoms with Crippen LogP contribution < -0.4 is 21.5 Å². The van der Waals surface area contributed by atoms with Crippen molar-refractivity contribution in [1.29, 1.82) is 0 Å². The van der Waals surface area contributed by atoms with E-state index in [9.17, 15) is 0 Å². The van der Waals surface area contributed by atoms with Crippen molar-refractivity contribution in [2.24, 2.45) is 0 Å². The van der Waals surface area contributed by atoms with Gasteiger partial charge in [0.1, 0.15) is 6.54 Å². The summed E-state index contributed by atoms with van der Waals surface area (Å²) in [5.41, 5.74) is 1.07. The van der Waals surface area contributed by atoms with Crippen LogP contribution in [0.3, 0.4) is 0 Å². The number of hydrogen-bond donors (Lipinski definition) is 0. The predicted molar refractivity (Wildman–Crippen MR) is 155 cm³/mol. The molecule has 0 spiro atoms. The molecular formula is C31H55BrClN2. The van der Waals surface area contributed by atoms with Gasteiger partial charge in [0.25, 0.3) is 0 Å². The lowest BCUT2D eigenvalue weighted by Gasteiger charge is -2.02. The van der Waals surface area contributed by atoms with Crippen LogP contribution in [0.5, 0.6) is 0 Å². The van der Waals surface area contributed by atoms with Crippen LogP contribution in [-0.4, -0.2) is 26.0 Å². The summed E-state index contributed by atoms with van der Waals surface area (Å²) in [4.78, 5) is 2.00. The second kappa shape index (κ2) is 31.1. The number of halogens is 2. The summed E-state index contributed by atoms with van der Waals surface area (Å²) in [6, 6.07) is 16.2. The Balaban J connectivity index is -0.000000653. The van der Waals surface area contributed by atoms with Crippen LogP contribution >= 0.6 is 12.4 Å². The highest BCUT2D eigenvalue weighted by Crippen LogP contribution is 2.12. The number of aryl methyl sites for hydroxylation is 1. The Morgan fingerprint density at radius 2 is 0.943 bits per heavy atom. The zero-order chi connectivity index (χ0) is 24.4. The monoisotopic (exact) mass is 569 g/mol. The summed E-state index contributed by atoms with van der Waals surface area (Å²) in [5.74, 6) is 0. The molecule has 0 fully saturated rings. The maximum atomic E-state index is 3.72. The summed E-state index contributed by atoms with van der Waals surface area (Å²) in [6.45, 7) is 7.19. The molecule has 1 aromatic heterocycles. The second-order valence-corrected chi connectivity index (χ2v) is 9.54. The van der Waals surface area contributed by atoms with Gasteiger partial charge in [0.2, 0.25) is 0 Å². The van der Waals surface area contributed by atoms with E-state index < -0.39 is 0 Å². The third-order valence-corrected chi connectivity index (χ3v) is 5.39. The fourth-order valence-electron chi connectivity index (χ4n) is 3.55. The van der Waals surface area contributed by atoms with Crippen LogP contribution in [0.4, 0.5) is 0 Å². The lowest BCUT2D eigenvalue weighted by molar-refractivity contribution is -0.697. The molecule has 2 rings (SSSR count). The Morgan fingerprint density at radius 1 is 0.600 bits per heavy atom. The summed E-state index contributed by atoms with van der Waals surface area (Å²) in [7, 11) is 6.00. The second-order valence-electron chi connectivity index (χ2n) is 9.54. The average molecular weight is 571 g/mol. The van der Waals surface area contributed by atoms with Crippen LogP contribution in [0, 0.1) is 6.92 Å². The first-order chi connectivity index (χ1) is 16.1. The number of nitrogens with zero attached hydrogens (tertiary/aromatic N) is 2. The van der Waals surface area contributed by atoms with Gasteiger partial charge < -0.3 is 21.9 Å². The number of aromatic nitrogens is 1. The van der Waals surface area contributed by atoms with Crippen LogP contribution in [0.1, 0.15) is 102 Å². The van der Waals surface area contributed by atoms with E-state index in [0.29, 0.717) is 0 Å². The molecule has 1 aromatic carbocycles. The smallest absolute Gasteiger partial charge is 0.168 e. The minimum absolute atomic E-state index is 0. The van der Waals surface area contributed by atoms with E-state index in [0.717, 1.165) is 5.56 Å². The van der Waals surface area contributed by atoms with Gasteiger partial charge in [-0.2, -0.15) is 0 Å². The summed E-state index contributed by atoms with van der Waals surface area (Å²) < 4.78 is 2.29. The molecule has 0 atom stereocenters. The lowest BCUT2D eigenvalue weighted by Crippen LogP contribution is -3.00. The van der Waals surface area contributed by atoms with Crippen molar-refractivity contribution < 1.29 is 21.5 Å². The van der Waals surface area contributed by atoms with Gasteiger partial charge in [0.05, 0.1) is 0 Å². The third-order valence-electron chi connectivity index (χ3n) is 5.39. The van der Waals surface area contributed by atoms with E-state index >= 15 is 0 Å². The normalized spacial score (nSPS) is 9.66. The molecule has 203 valence electrons. The minimum atomic E-state index is 0. The van der Waals surface area contributed by atoms with Crippen molar-refractivity contribution in [3.05, 3.63) is 73.4 Å². The van der Waals surface area contributed by atoms with Gasteiger partial charge in [-0.3, -0.25) is 0 Å². The molecule has 0 amide bonds. The molecule has 2 nitrogen and oxygen atoms in total. The standard InChI is InChI=1S/C21H38N.C7H7.C3H9N.BrH.ClH/c1-2-3-4-5-6-7-8-9-10-11-12-13-14-16-19-22-20-17-15-18-21-22;1-7-5-3-2-4-6-7;1-4(2)3;;/h15,17-18,20-21H,2-14,16,19H2,1H3;2-6H,1H2;1-3H3;2*1H/q+1;;;;/p-1. The van der Waals surface area contributed by atoms with Crippen molar-refractivity contribution in [3.8, 4) is 0 Å². The van der Waals surface area contributed by atoms with E-state index in [1.807, 2.05) is 56.4 Å². The SMILES string of the molecule is CCCCCCCCCCCCCCCC[n+]1ccccc1.CN(C)C.Cl.[Br-].[CH2]c1ccccc1. The van der Waals surface area contributed by atoms with Gasteiger partial charge in [0.15, 0.2) is 12.4 Å². The molecular weight excluding hydrogens is 516 g/mol. The molecule has 0 bridgehead atoms. The fraction of sp³-hybridized carbons (Fsp3) is 0.613. The first kappa shape index (κ1) is 38.6. The Labute approximate surface area is 236 Å². The molecule has 1 heterocycles. The van der Waals surface area contributed by atoms with E-state index in [1.54, 1.807) is 0 Å². The van der Waals surface area contributed by atoms with E-state index in [2.05, 4.69) is 49.0 Å². The van der Waals surface area contributed by atoms with Gasteiger partial charge >= 0.3 is 0 Å². The largest absolute Gasteiger partial charge is 1.00 e. The number of rotatable bonds is 15. The van der Waals surface area contributed by atoms with Gasteiger partial charge in [-0.15, -0.1) is 12.4 Å². The average Bonchev–Trinajstić information content (AvgIpc) is 2.80. The van der Waals surface area contributed by atoms with Crippen molar-refractivity contribution in [2.75, 3.05) is 21.1 Å². The van der Waals surface area contributed by atoms with Crippen molar-refractivity contribution in [1.82, 2.24) is 4.90 Å². The topological polar surface area (TPSA) is 7.12 Å². The molecule has 4 heteroatoms. The first-order valence-corrected chi connectivity index (χ1v) is 13.5. The molecule has 1 radical (unpaired) electrons. The molecule has 0 aliphatic carbocycles. The number of hydrogen-bond acceptors (Lipinski definition) is 1. The maximum Gasteiger partial charge on any atom is 0.168 e. The molecule has 0 aliphatic rings. The molecule has 2 aromatic rings. The van der Waals surface area contributed by atoms with Crippen LogP contribution in [0.15, 0.2) is 60.9 Å². The summed E-state index contributed by atoms with van der Waals surface area (Å²) in [5, 5.41) is 0. The predicted octanol–water partition coefficient (Wildman–Crippen LogP) is 5.93. The molecule has 0 saturated heterocycles. The minimum Gasteiger partial charge on any atom is -1.00 e. The van der Waals surface area contributed by atoms with Gasteiger partial charge in [-0.25, -0.2) is 4.57 Å². The zero-order valence-electron chi connectivity index (χ0n) is 23.3. The van der Waals surface area contributed by atoms with Crippen molar-refractivity contribution >= 4 is 12.4 Å². The number of pyridine rings is 1.